The van der Waals surface area contributed by atoms with Gasteiger partial charge in [0.05, 0.1) is 42.6 Å². The fourth-order valence-electron chi connectivity index (χ4n) is 1.68. The molecule has 1 aromatic rings. The van der Waals surface area contributed by atoms with Crippen molar-refractivity contribution < 1.29 is 28.7 Å². The van der Waals surface area contributed by atoms with Gasteiger partial charge >= 0.3 is 5.97 Å². The summed E-state index contributed by atoms with van der Waals surface area (Å²) >= 11 is 0. The molecule has 0 spiro atoms. The van der Waals surface area contributed by atoms with Crippen molar-refractivity contribution in [2.45, 2.75) is 0 Å². The number of carbonyl (C=O) groups excluding carboxylic acids is 2. The van der Waals surface area contributed by atoms with Crippen molar-refractivity contribution in [3.63, 3.8) is 0 Å². The minimum Gasteiger partial charge on any atom is -0.458 e. The second-order valence-corrected chi connectivity index (χ2v) is 6.17. The number of hydrogen-bond acceptors (Lipinski definition) is 7. The number of likely N-dealkylation sites (N-methyl/N-ethyl adjacent to an activating group) is 1. The van der Waals surface area contributed by atoms with E-state index in [0.717, 1.165) is 18.2 Å². The maximum Gasteiger partial charge on any atom is 0.325 e. The van der Waals surface area contributed by atoms with E-state index >= 15 is 0 Å². The number of rotatable bonds is 8. The highest BCUT2D eigenvalue weighted by atomic mass is 16.6. The third-order valence-corrected chi connectivity index (χ3v) is 3.00. The molecule has 0 aliphatic carbocycles. The number of benzene rings is 1. The Morgan fingerprint density at radius 3 is 2.04 bits per heavy atom. The largest absolute Gasteiger partial charge is 0.458 e. The highest BCUT2D eigenvalue weighted by molar-refractivity contribution is 5.97. The number of hydrogen-bond donors (Lipinski definition) is 1. The van der Waals surface area contributed by atoms with Gasteiger partial charge in [-0.1, -0.05) is 0 Å². The van der Waals surface area contributed by atoms with Crippen molar-refractivity contribution in [2.75, 3.05) is 40.8 Å². The first-order valence-electron chi connectivity index (χ1n) is 7.18. The Balaban J connectivity index is 2.69. The lowest BCUT2D eigenvalue weighted by atomic mass is 10.1. The summed E-state index contributed by atoms with van der Waals surface area (Å²) < 4.78 is 5.54. The molecule has 0 aromatic heterocycles. The van der Waals surface area contributed by atoms with Gasteiger partial charge in [-0.15, -0.1) is 0 Å². The van der Waals surface area contributed by atoms with Gasteiger partial charge in [0, 0.05) is 12.1 Å². The predicted octanol–water partition coefficient (Wildman–Crippen LogP) is 0.482. The molecule has 0 atom stereocenters. The van der Waals surface area contributed by atoms with E-state index in [1.807, 2.05) is 21.1 Å². The molecule has 0 aliphatic heterocycles. The molecule has 1 N–H and O–H groups in total. The molecule has 0 unspecified atom stereocenters. The Hall–Kier alpha value is -3.08. The zero-order valence-corrected chi connectivity index (χ0v) is 14.1. The van der Waals surface area contributed by atoms with Crippen LogP contribution in [0, 0.1) is 20.2 Å². The SMILES string of the molecule is C[N+](C)(C)CCOC(=O)CNC(=O)c1cc([N+](=O)[O-])cc([N+](=O)[O-])c1. The second kappa shape index (κ2) is 8.15. The standard InChI is InChI=1S/C14H18N4O7/c1-18(2,3)4-5-25-13(19)9-15-14(20)10-6-11(16(21)22)8-12(7-10)17(23)24/h6-8H,4-5,9H2,1-3H3/p+1. The van der Waals surface area contributed by atoms with Gasteiger partial charge in [-0.3, -0.25) is 29.8 Å². The van der Waals surface area contributed by atoms with Crippen molar-refractivity contribution >= 4 is 23.3 Å². The van der Waals surface area contributed by atoms with Crippen LogP contribution in [0.2, 0.25) is 0 Å². The van der Waals surface area contributed by atoms with Gasteiger partial charge in [0.15, 0.2) is 0 Å². The van der Waals surface area contributed by atoms with Gasteiger partial charge in [-0.2, -0.15) is 0 Å². The lowest BCUT2D eigenvalue weighted by molar-refractivity contribution is -0.870. The van der Waals surface area contributed by atoms with Crippen LogP contribution in [-0.4, -0.2) is 67.0 Å². The number of quaternary nitrogens is 1. The molecule has 0 aliphatic rings. The number of amides is 1. The van der Waals surface area contributed by atoms with Crippen LogP contribution in [0.15, 0.2) is 18.2 Å². The van der Waals surface area contributed by atoms with Crippen LogP contribution in [0.25, 0.3) is 0 Å². The molecule has 136 valence electrons. The number of nitro benzene ring substituents is 2. The van der Waals surface area contributed by atoms with E-state index in [4.69, 9.17) is 4.74 Å². The Kier molecular flexibility index (Phi) is 6.51. The maximum absolute atomic E-state index is 12.0. The first-order chi connectivity index (χ1) is 11.5. The highest BCUT2D eigenvalue weighted by Gasteiger charge is 2.20. The number of esters is 1. The van der Waals surface area contributed by atoms with Gasteiger partial charge in [0.2, 0.25) is 0 Å². The molecule has 0 bridgehead atoms. The third kappa shape index (κ3) is 6.91. The van der Waals surface area contributed by atoms with Crippen LogP contribution in [0.5, 0.6) is 0 Å². The molecule has 1 aromatic carbocycles. The summed E-state index contributed by atoms with van der Waals surface area (Å²) in [6.45, 7) is 0.295. The van der Waals surface area contributed by atoms with E-state index in [1.165, 1.54) is 0 Å². The van der Waals surface area contributed by atoms with Crippen molar-refractivity contribution in [3.8, 4) is 0 Å². The quantitative estimate of drug-likeness (QED) is 0.309. The van der Waals surface area contributed by atoms with Gasteiger partial charge in [-0.25, -0.2) is 0 Å². The number of non-ortho nitro benzene ring substituents is 2. The van der Waals surface area contributed by atoms with Gasteiger partial charge in [0.25, 0.3) is 17.3 Å². The average Bonchev–Trinajstić information content (AvgIpc) is 2.50. The molecule has 11 heteroatoms. The number of nitrogens with one attached hydrogen (secondary N) is 1. The zero-order valence-electron chi connectivity index (χ0n) is 14.1. The van der Waals surface area contributed by atoms with Crippen molar-refractivity contribution in [1.82, 2.24) is 5.32 Å². The molecule has 1 amide bonds. The fourth-order valence-corrected chi connectivity index (χ4v) is 1.68. The minimum absolute atomic E-state index is 0.167. The van der Waals surface area contributed by atoms with Crippen molar-refractivity contribution in [3.05, 3.63) is 44.0 Å². The van der Waals surface area contributed by atoms with Crippen LogP contribution < -0.4 is 5.32 Å². The van der Waals surface area contributed by atoms with E-state index in [-0.39, 0.29) is 12.2 Å². The molecule has 0 saturated heterocycles. The summed E-state index contributed by atoms with van der Waals surface area (Å²) in [7, 11) is 5.76. The number of ether oxygens (including phenoxy) is 1. The number of carbonyl (C=O) groups is 2. The molecule has 11 nitrogen and oxygen atoms in total. The van der Waals surface area contributed by atoms with Crippen molar-refractivity contribution in [1.29, 1.82) is 0 Å². The van der Waals surface area contributed by atoms with Crippen LogP contribution >= 0.6 is 0 Å². The van der Waals surface area contributed by atoms with Crippen LogP contribution in [0.1, 0.15) is 10.4 Å². The Morgan fingerprint density at radius 2 is 1.60 bits per heavy atom. The summed E-state index contributed by atoms with van der Waals surface area (Å²) in [6.07, 6.45) is 0. The summed E-state index contributed by atoms with van der Waals surface area (Å²) in [5, 5.41) is 23.8. The van der Waals surface area contributed by atoms with Crippen LogP contribution in [-0.2, 0) is 9.53 Å². The van der Waals surface area contributed by atoms with Crippen molar-refractivity contribution in [2.24, 2.45) is 0 Å². The fraction of sp³-hybridized carbons (Fsp3) is 0.429. The third-order valence-electron chi connectivity index (χ3n) is 3.00. The highest BCUT2D eigenvalue weighted by Crippen LogP contribution is 2.22. The second-order valence-electron chi connectivity index (χ2n) is 6.17. The first-order valence-corrected chi connectivity index (χ1v) is 7.18. The molecule has 0 saturated carbocycles. The molecular weight excluding hydrogens is 336 g/mol. The molecule has 0 radical (unpaired) electrons. The summed E-state index contributed by atoms with van der Waals surface area (Å²) in [4.78, 5) is 43.4. The number of nitro groups is 2. The Labute approximate surface area is 143 Å². The Morgan fingerprint density at radius 1 is 1.08 bits per heavy atom. The summed E-state index contributed by atoms with van der Waals surface area (Å²) in [6, 6.07) is 2.53. The molecule has 25 heavy (non-hydrogen) atoms. The minimum atomic E-state index is -0.852. The van der Waals surface area contributed by atoms with E-state index < -0.39 is 39.6 Å². The average molecular weight is 355 g/mol. The van der Waals surface area contributed by atoms with Gasteiger partial charge < -0.3 is 14.5 Å². The smallest absolute Gasteiger partial charge is 0.325 e. The lowest BCUT2D eigenvalue weighted by Gasteiger charge is -2.23. The zero-order chi connectivity index (χ0) is 19.2. The molecule has 0 heterocycles. The first kappa shape index (κ1) is 20.0. The summed E-state index contributed by atoms with van der Waals surface area (Å²) in [5.41, 5.74) is -1.48. The normalized spacial score (nSPS) is 10.8. The molecule has 1 rings (SSSR count). The van der Waals surface area contributed by atoms with E-state index in [0.29, 0.717) is 11.0 Å². The van der Waals surface area contributed by atoms with E-state index in [9.17, 15) is 29.8 Å². The van der Waals surface area contributed by atoms with Crippen LogP contribution in [0.3, 0.4) is 0 Å². The van der Waals surface area contributed by atoms with E-state index in [2.05, 4.69) is 5.32 Å². The van der Waals surface area contributed by atoms with E-state index in [1.54, 1.807) is 0 Å². The summed E-state index contributed by atoms with van der Waals surface area (Å²) in [5.74, 6) is -1.53. The number of nitrogens with zero attached hydrogens (tertiary/aromatic N) is 3. The van der Waals surface area contributed by atoms with Gasteiger partial charge in [-0.05, 0) is 0 Å². The maximum atomic E-state index is 12.0. The lowest BCUT2D eigenvalue weighted by Crippen LogP contribution is -2.39. The topological polar surface area (TPSA) is 142 Å². The Bertz CT molecular complexity index is 665. The predicted molar refractivity (Wildman–Crippen MR) is 85.9 cm³/mol. The van der Waals surface area contributed by atoms with Gasteiger partial charge in [0.1, 0.15) is 19.7 Å². The monoisotopic (exact) mass is 355 g/mol. The van der Waals surface area contributed by atoms with Crippen LogP contribution in [0.4, 0.5) is 11.4 Å². The molecule has 0 fully saturated rings. The molecular formula is C14H19N4O7+.